The van der Waals surface area contributed by atoms with Gasteiger partial charge in [0.15, 0.2) is 0 Å². The minimum absolute atomic E-state index is 0.280. The van der Waals surface area contributed by atoms with E-state index in [1.165, 1.54) is 12.1 Å². The molecule has 0 saturated heterocycles. The lowest BCUT2D eigenvalue weighted by Gasteiger charge is -2.09. The Hall–Kier alpha value is -1.68. The van der Waals surface area contributed by atoms with Crippen LogP contribution in [0.5, 0.6) is 0 Å². The summed E-state index contributed by atoms with van der Waals surface area (Å²) in [6.07, 6.45) is 3.18. The number of halogens is 1. The Morgan fingerprint density at radius 2 is 2.12 bits per heavy atom. The molecule has 0 bridgehead atoms. The summed E-state index contributed by atoms with van der Waals surface area (Å²) in [4.78, 5) is 6.76. The number of nitrogens with two attached hydrogens (primary N) is 1. The molecule has 0 aliphatic carbocycles. The van der Waals surface area contributed by atoms with Crippen molar-refractivity contribution in [2.75, 3.05) is 0 Å². The fourth-order valence-corrected chi connectivity index (χ4v) is 1.32. The van der Waals surface area contributed by atoms with Gasteiger partial charge in [-0.15, -0.1) is 0 Å². The van der Waals surface area contributed by atoms with E-state index in [1.807, 2.05) is 13.8 Å². The highest BCUT2D eigenvalue weighted by Crippen LogP contribution is 2.17. The summed E-state index contributed by atoms with van der Waals surface area (Å²) in [6, 6.07) is 5.89. The average Bonchev–Trinajstić information content (AvgIpc) is 2.84. The molecule has 1 heterocycles. The van der Waals surface area contributed by atoms with Gasteiger partial charge in [0.1, 0.15) is 5.82 Å². The number of nitrogens with zero attached hydrogens (tertiary/aromatic N) is 1. The lowest BCUT2D eigenvalue weighted by atomic mass is 10.1. The highest BCUT2D eigenvalue weighted by Gasteiger charge is 2.09. The van der Waals surface area contributed by atoms with Crippen molar-refractivity contribution in [1.29, 1.82) is 0 Å². The molecule has 1 aromatic carbocycles. The predicted molar refractivity (Wildman–Crippen MR) is 62.4 cm³/mol. The topological polar surface area (TPSA) is 54.7 Å². The molecule has 2 aromatic rings. The normalized spacial score (nSPS) is 11.5. The Kier molecular flexibility index (Phi) is 4.66. The van der Waals surface area contributed by atoms with Gasteiger partial charge in [0, 0.05) is 6.20 Å². The van der Waals surface area contributed by atoms with Crippen LogP contribution in [-0.4, -0.2) is 9.97 Å². The van der Waals surface area contributed by atoms with Crippen LogP contribution in [0.15, 0.2) is 36.8 Å². The molecule has 2 rings (SSSR count). The van der Waals surface area contributed by atoms with Crippen LogP contribution < -0.4 is 5.73 Å². The maximum atomic E-state index is 12.9. The van der Waals surface area contributed by atoms with Gasteiger partial charge in [-0.3, -0.25) is 0 Å². The second-order valence-electron chi connectivity index (χ2n) is 3.04. The van der Waals surface area contributed by atoms with Gasteiger partial charge in [0.2, 0.25) is 0 Å². The largest absolute Gasteiger partial charge is 0.347 e. The Bertz CT molecular complexity index is 412. The molecule has 1 aromatic heterocycles. The van der Waals surface area contributed by atoms with E-state index in [0.29, 0.717) is 0 Å². The van der Waals surface area contributed by atoms with E-state index < -0.39 is 0 Å². The predicted octanol–water partition coefficient (Wildman–Crippen LogP) is 2.62. The van der Waals surface area contributed by atoms with Crippen molar-refractivity contribution in [3.63, 3.8) is 0 Å². The fraction of sp³-hybridized carbons (Fsp3) is 0.250. The molecule has 0 saturated carbocycles. The molecular weight excluding hydrogens is 205 g/mol. The van der Waals surface area contributed by atoms with E-state index in [9.17, 15) is 4.39 Å². The summed E-state index contributed by atoms with van der Waals surface area (Å²) in [5.74, 6) is -0.280. The molecule has 3 N–H and O–H groups in total. The average molecular weight is 221 g/mol. The van der Waals surface area contributed by atoms with Crippen LogP contribution in [0.2, 0.25) is 0 Å². The van der Waals surface area contributed by atoms with Crippen molar-refractivity contribution in [3.8, 4) is 0 Å². The van der Waals surface area contributed by atoms with E-state index in [2.05, 4.69) is 9.97 Å². The first-order valence-corrected chi connectivity index (χ1v) is 5.26. The number of rotatable bonds is 2. The number of aromatic amines is 1. The Morgan fingerprint density at radius 1 is 1.38 bits per heavy atom. The number of imidazole rings is 1. The molecule has 0 fully saturated rings. The van der Waals surface area contributed by atoms with E-state index in [4.69, 9.17) is 5.73 Å². The van der Waals surface area contributed by atoms with E-state index in [-0.39, 0.29) is 11.9 Å². The molecule has 16 heavy (non-hydrogen) atoms. The third kappa shape index (κ3) is 2.90. The molecule has 0 aliphatic rings. The second-order valence-corrected chi connectivity index (χ2v) is 3.04. The maximum Gasteiger partial charge on any atom is 0.123 e. The smallest absolute Gasteiger partial charge is 0.123 e. The summed E-state index contributed by atoms with van der Waals surface area (Å²) in [5, 5.41) is 0. The third-order valence-corrected chi connectivity index (χ3v) is 2.06. The van der Waals surface area contributed by atoms with Crippen molar-refractivity contribution < 1.29 is 4.39 Å². The molecule has 0 radical (unpaired) electrons. The van der Waals surface area contributed by atoms with Gasteiger partial charge in [0.25, 0.3) is 0 Å². The van der Waals surface area contributed by atoms with Gasteiger partial charge in [-0.25, -0.2) is 9.37 Å². The highest BCUT2D eigenvalue weighted by molar-refractivity contribution is 5.26. The molecule has 1 unspecified atom stereocenters. The van der Waals surface area contributed by atoms with Crippen LogP contribution in [0.3, 0.4) is 0 Å². The molecule has 0 spiro atoms. The monoisotopic (exact) mass is 221 g/mol. The second kappa shape index (κ2) is 6.02. The van der Waals surface area contributed by atoms with Gasteiger partial charge in [-0.2, -0.15) is 0 Å². The first-order chi connectivity index (χ1) is 7.77. The summed E-state index contributed by atoms with van der Waals surface area (Å²) in [7, 11) is 0. The lowest BCUT2D eigenvalue weighted by molar-refractivity contribution is 0.623. The van der Waals surface area contributed by atoms with E-state index in [0.717, 1.165) is 11.3 Å². The molecule has 0 amide bonds. The standard InChI is InChI=1S/C10H10FN3.C2H6/c11-8-3-1-2-7(4-8)10(12)9-5-13-6-14-9;1-2/h1-6,10H,12H2,(H,13,14);1-2H3. The van der Waals surface area contributed by atoms with Gasteiger partial charge >= 0.3 is 0 Å². The zero-order valence-corrected chi connectivity index (χ0v) is 9.44. The van der Waals surface area contributed by atoms with Crippen LogP contribution in [0, 0.1) is 5.82 Å². The number of hydrogen-bond donors (Lipinski definition) is 2. The quantitative estimate of drug-likeness (QED) is 0.819. The molecule has 3 nitrogen and oxygen atoms in total. The number of nitrogens with one attached hydrogen (secondary N) is 1. The Balaban J connectivity index is 0.000000606. The number of benzene rings is 1. The lowest BCUT2D eigenvalue weighted by Crippen LogP contribution is -2.12. The van der Waals surface area contributed by atoms with Crippen LogP contribution in [0.4, 0.5) is 4.39 Å². The minimum Gasteiger partial charge on any atom is -0.347 e. The highest BCUT2D eigenvalue weighted by atomic mass is 19.1. The van der Waals surface area contributed by atoms with Gasteiger partial charge in [0.05, 0.1) is 18.1 Å². The van der Waals surface area contributed by atoms with E-state index in [1.54, 1.807) is 24.7 Å². The maximum absolute atomic E-state index is 12.9. The van der Waals surface area contributed by atoms with Crippen molar-refractivity contribution in [1.82, 2.24) is 9.97 Å². The molecule has 86 valence electrons. The van der Waals surface area contributed by atoms with Crippen LogP contribution in [0.25, 0.3) is 0 Å². The first kappa shape index (κ1) is 12.4. The van der Waals surface area contributed by atoms with Crippen LogP contribution >= 0.6 is 0 Å². The van der Waals surface area contributed by atoms with Gasteiger partial charge < -0.3 is 10.7 Å². The summed E-state index contributed by atoms with van der Waals surface area (Å²) >= 11 is 0. The zero-order chi connectivity index (χ0) is 12.0. The fourth-order valence-electron chi connectivity index (χ4n) is 1.32. The first-order valence-electron chi connectivity index (χ1n) is 5.26. The summed E-state index contributed by atoms with van der Waals surface area (Å²) in [5.41, 5.74) is 7.40. The summed E-state index contributed by atoms with van der Waals surface area (Å²) < 4.78 is 12.9. The van der Waals surface area contributed by atoms with Crippen molar-refractivity contribution in [3.05, 3.63) is 53.9 Å². The number of H-pyrrole nitrogens is 1. The number of aromatic nitrogens is 2. The van der Waals surface area contributed by atoms with Crippen molar-refractivity contribution in [2.24, 2.45) is 5.73 Å². The number of hydrogen-bond acceptors (Lipinski definition) is 2. The molecule has 0 aliphatic heterocycles. The van der Waals surface area contributed by atoms with Gasteiger partial charge in [-0.1, -0.05) is 26.0 Å². The van der Waals surface area contributed by atoms with Crippen LogP contribution in [0.1, 0.15) is 31.1 Å². The van der Waals surface area contributed by atoms with Crippen molar-refractivity contribution in [2.45, 2.75) is 19.9 Å². The molecule has 1 atom stereocenters. The third-order valence-electron chi connectivity index (χ3n) is 2.06. The molecular formula is C12H16FN3. The molecule has 4 heteroatoms. The Morgan fingerprint density at radius 3 is 2.69 bits per heavy atom. The van der Waals surface area contributed by atoms with Crippen molar-refractivity contribution >= 4 is 0 Å². The van der Waals surface area contributed by atoms with Crippen LogP contribution in [-0.2, 0) is 0 Å². The van der Waals surface area contributed by atoms with Gasteiger partial charge in [-0.05, 0) is 17.7 Å². The van der Waals surface area contributed by atoms with E-state index >= 15 is 0 Å². The Labute approximate surface area is 94.5 Å². The zero-order valence-electron chi connectivity index (χ0n) is 9.44. The SMILES string of the molecule is CC.NC(c1cccc(F)c1)c1cnc[nH]1. The minimum atomic E-state index is -0.354. The summed E-state index contributed by atoms with van der Waals surface area (Å²) in [6.45, 7) is 4.00.